The molecule has 2 fully saturated rings. The number of hydrogen-bond donors (Lipinski definition) is 2. The average Bonchev–Trinajstić information content (AvgIpc) is 2.16. The van der Waals surface area contributed by atoms with Crippen LogP contribution in [-0.2, 0) is 4.79 Å². The zero-order chi connectivity index (χ0) is 10.7. The van der Waals surface area contributed by atoms with Gasteiger partial charge in [0.25, 0.3) is 0 Å². The maximum atomic E-state index is 11.7. The summed E-state index contributed by atoms with van der Waals surface area (Å²) < 4.78 is 0. The highest BCUT2D eigenvalue weighted by atomic mass is 16.2. The van der Waals surface area contributed by atoms with Crippen molar-refractivity contribution in [1.82, 2.24) is 10.6 Å². The van der Waals surface area contributed by atoms with Gasteiger partial charge in [-0.1, -0.05) is 6.42 Å². The van der Waals surface area contributed by atoms with E-state index in [9.17, 15) is 4.79 Å². The summed E-state index contributed by atoms with van der Waals surface area (Å²) >= 11 is 0. The molecule has 2 aliphatic carbocycles. The third-order valence-corrected chi connectivity index (χ3v) is 3.96. The lowest BCUT2D eigenvalue weighted by molar-refractivity contribution is -0.128. The molecule has 0 saturated heterocycles. The molecule has 2 aliphatic rings. The number of amides is 1. The zero-order valence-electron chi connectivity index (χ0n) is 9.59. The fraction of sp³-hybridized carbons (Fsp3) is 0.917. The Hall–Kier alpha value is -0.570. The molecule has 2 N–H and O–H groups in total. The van der Waals surface area contributed by atoms with Crippen molar-refractivity contribution in [2.24, 2.45) is 5.92 Å². The van der Waals surface area contributed by atoms with Gasteiger partial charge in [0.1, 0.15) is 0 Å². The molecule has 3 heteroatoms. The van der Waals surface area contributed by atoms with Gasteiger partial charge in [0.2, 0.25) is 5.91 Å². The summed E-state index contributed by atoms with van der Waals surface area (Å²) in [5, 5.41) is 6.51. The van der Waals surface area contributed by atoms with Gasteiger partial charge >= 0.3 is 0 Å². The highest BCUT2D eigenvalue weighted by Crippen LogP contribution is 2.27. The Morgan fingerprint density at radius 3 is 2.07 bits per heavy atom. The summed E-state index contributed by atoms with van der Waals surface area (Å²) in [6.45, 7) is 0. The fourth-order valence-electron chi connectivity index (χ4n) is 2.52. The van der Waals surface area contributed by atoms with E-state index in [4.69, 9.17) is 0 Å². The van der Waals surface area contributed by atoms with Gasteiger partial charge < -0.3 is 10.6 Å². The molecular weight excluding hydrogens is 188 g/mol. The third-order valence-electron chi connectivity index (χ3n) is 3.96. The Balaban J connectivity index is 1.69. The number of carbonyl (C=O) groups is 1. The largest absolute Gasteiger partial charge is 0.353 e. The zero-order valence-corrected chi connectivity index (χ0v) is 9.59. The summed E-state index contributed by atoms with van der Waals surface area (Å²) in [5.74, 6) is 0.654. The van der Waals surface area contributed by atoms with Crippen LogP contribution >= 0.6 is 0 Å². The Morgan fingerprint density at radius 1 is 1.00 bits per heavy atom. The van der Waals surface area contributed by atoms with Crippen molar-refractivity contribution in [3.8, 4) is 0 Å². The molecule has 0 radical (unpaired) electrons. The van der Waals surface area contributed by atoms with Crippen LogP contribution in [0.25, 0.3) is 0 Å². The van der Waals surface area contributed by atoms with Gasteiger partial charge in [-0.2, -0.15) is 0 Å². The summed E-state index contributed by atoms with van der Waals surface area (Å²) in [5.41, 5.74) is 0. The average molecular weight is 210 g/mol. The Morgan fingerprint density at radius 2 is 1.60 bits per heavy atom. The van der Waals surface area contributed by atoms with Crippen LogP contribution in [0.1, 0.15) is 44.9 Å². The SMILES string of the molecule is CNC1CCC(NC(=O)C2CCC2)CC1. The lowest BCUT2D eigenvalue weighted by Gasteiger charge is -2.31. The van der Waals surface area contributed by atoms with E-state index in [2.05, 4.69) is 10.6 Å². The predicted molar refractivity (Wildman–Crippen MR) is 60.6 cm³/mol. The van der Waals surface area contributed by atoms with Gasteiger partial charge in [-0.25, -0.2) is 0 Å². The van der Waals surface area contributed by atoms with E-state index in [1.54, 1.807) is 0 Å². The van der Waals surface area contributed by atoms with Gasteiger partial charge in [0.15, 0.2) is 0 Å². The van der Waals surface area contributed by atoms with Gasteiger partial charge in [-0.15, -0.1) is 0 Å². The number of carbonyl (C=O) groups excluding carboxylic acids is 1. The van der Waals surface area contributed by atoms with Gasteiger partial charge in [-0.05, 0) is 45.6 Å². The van der Waals surface area contributed by atoms with Crippen LogP contribution < -0.4 is 10.6 Å². The first-order valence-corrected chi connectivity index (χ1v) is 6.27. The predicted octanol–water partition coefficient (Wildman–Crippen LogP) is 1.43. The molecule has 2 rings (SSSR count). The standard InChI is InChI=1S/C12H22N2O/c1-13-10-5-7-11(8-6-10)14-12(15)9-3-2-4-9/h9-11,13H,2-8H2,1H3,(H,14,15). The molecule has 86 valence electrons. The van der Waals surface area contributed by atoms with Crippen molar-refractivity contribution >= 4 is 5.91 Å². The third kappa shape index (κ3) is 2.71. The molecule has 0 unspecified atom stereocenters. The minimum Gasteiger partial charge on any atom is -0.353 e. The minimum absolute atomic E-state index is 0.314. The molecular formula is C12H22N2O. The lowest BCUT2D eigenvalue weighted by Crippen LogP contribution is -2.44. The molecule has 1 amide bonds. The normalized spacial score (nSPS) is 32.1. The second-order valence-corrected chi connectivity index (χ2v) is 4.97. The topological polar surface area (TPSA) is 41.1 Å². The molecule has 3 nitrogen and oxygen atoms in total. The molecule has 2 saturated carbocycles. The van der Waals surface area contributed by atoms with Crippen LogP contribution in [0.15, 0.2) is 0 Å². The second kappa shape index (κ2) is 4.97. The first kappa shape index (κ1) is 10.9. The quantitative estimate of drug-likeness (QED) is 0.740. The van der Waals surface area contributed by atoms with Crippen molar-refractivity contribution in [3.05, 3.63) is 0 Å². The van der Waals surface area contributed by atoms with Gasteiger partial charge in [0.05, 0.1) is 0 Å². The molecule has 0 heterocycles. The van der Waals surface area contributed by atoms with Crippen LogP contribution in [0.3, 0.4) is 0 Å². The molecule has 0 aromatic carbocycles. The van der Waals surface area contributed by atoms with Crippen LogP contribution in [0.4, 0.5) is 0 Å². The van der Waals surface area contributed by atoms with Crippen LogP contribution in [0.2, 0.25) is 0 Å². The fourth-order valence-corrected chi connectivity index (χ4v) is 2.52. The minimum atomic E-state index is 0.314. The molecule has 0 spiro atoms. The Bertz CT molecular complexity index is 218. The van der Waals surface area contributed by atoms with E-state index < -0.39 is 0 Å². The van der Waals surface area contributed by atoms with E-state index in [1.165, 1.54) is 19.3 Å². The van der Waals surface area contributed by atoms with Gasteiger partial charge in [-0.3, -0.25) is 4.79 Å². The van der Waals surface area contributed by atoms with Crippen LogP contribution in [0.5, 0.6) is 0 Å². The van der Waals surface area contributed by atoms with E-state index in [0.717, 1.165) is 25.7 Å². The van der Waals surface area contributed by atoms with Crippen molar-refractivity contribution in [2.45, 2.75) is 57.0 Å². The number of hydrogen-bond acceptors (Lipinski definition) is 2. The lowest BCUT2D eigenvalue weighted by atomic mass is 9.84. The monoisotopic (exact) mass is 210 g/mol. The van der Waals surface area contributed by atoms with Crippen LogP contribution in [-0.4, -0.2) is 25.0 Å². The first-order chi connectivity index (χ1) is 7.29. The highest BCUT2D eigenvalue weighted by molar-refractivity contribution is 5.79. The number of rotatable bonds is 3. The van der Waals surface area contributed by atoms with E-state index in [1.807, 2.05) is 7.05 Å². The maximum Gasteiger partial charge on any atom is 0.223 e. The summed E-state index contributed by atoms with van der Waals surface area (Å²) in [7, 11) is 2.03. The van der Waals surface area contributed by atoms with Crippen molar-refractivity contribution in [1.29, 1.82) is 0 Å². The van der Waals surface area contributed by atoms with Crippen molar-refractivity contribution < 1.29 is 4.79 Å². The highest BCUT2D eigenvalue weighted by Gasteiger charge is 2.28. The smallest absolute Gasteiger partial charge is 0.223 e. The van der Waals surface area contributed by atoms with Crippen LogP contribution in [0, 0.1) is 5.92 Å². The van der Waals surface area contributed by atoms with Crippen molar-refractivity contribution in [3.63, 3.8) is 0 Å². The molecule has 0 atom stereocenters. The second-order valence-electron chi connectivity index (χ2n) is 4.97. The van der Waals surface area contributed by atoms with E-state index >= 15 is 0 Å². The van der Waals surface area contributed by atoms with Gasteiger partial charge in [0, 0.05) is 18.0 Å². The van der Waals surface area contributed by atoms with E-state index in [0.29, 0.717) is 23.9 Å². The molecule has 0 bridgehead atoms. The molecule has 15 heavy (non-hydrogen) atoms. The molecule has 0 aromatic heterocycles. The van der Waals surface area contributed by atoms with E-state index in [-0.39, 0.29) is 0 Å². The maximum absolute atomic E-state index is 11.7. The molecule has 0 aliphatic heterocycles. The summed E-state index contributed by atoms with van der Waals surface area (Å²) in [6.07, 6.45) is 8.14. The Kier molecular flexibility index (Phi) is 3.62. The summed E-state index contributed by atoms with van der Waals surface area (Å²) in [4.78, 5) is 11.7. The summed E-state index contributed by atoms with van der Waals surface area (Å²) in [6, 6.07) is 1.12. The van der Waals surface area contributed by atoms with Crippen molar-refractivity contribution in [2.75, 3.05) is 7.05 Å². The first-order valence-electron chi connectivity index (χ1n) is 6.27. The number of nitrogens with one attached hydrogen (secondary N) is 2. The Labute approximate surface area is 92.0 Å². The molecule has 0 aromatic rings.